The topological polar surface area (TPSA) is 130 Å². The van der Waals surface area contributed by atoms with Gasteiger partial charge in [0.25, 0.3) is 5.69 Å². The van der Waals surface area contributed by atoms with E-state index < -0.39 is 35.4 Å². The Bertz CT molecular complexity index is 521. The molecule has 1 aromatic carbocycles. The van der Waals surface area contributed by atoms with Gasteiger partial charge in [-0.2, -0.15) is 0 Å². The van der Waals surface area contributed by atoms with E-state index in [0.717, 1.165) is 19.1 Å². The Balaban J connectivity index is 3.12. The van der Waals surface area contributed by atoms with Gasteiger partial charge in [0.05, 0.1) is 18.1 Å². The highest BCUT2D eigenvalue weighted by atomic mass is 16.6. The second-order valence-corrected chi connectivity index (χ2v) is 4.21. The van der Waals surface area contributed by atoms with Crippen LogP contribution in [0.15, 0.2) is 24.3 Å². The molecule has 0 aliphatic carbocycles. The van der Waals surface area contributed by atoms with Crippen molar-refractivity contribution in [1.82, 2.24) is 5.32 Å². The first-order chi connectivity index (χ1) is 9.36. The van der Waals surface area contributed by atoms with Crippen LogP contribution in [-0.2, 0) is 4.79 Å². The molecule has 0 radical (unpaired) electrons. The number of aliphatic hydroxyl groups excluding tert-OH is 2. The Hall–Kier alpha value is -2.32. The van der Waals surface area contributed by atoms with E-state index in [4.69, 9.17) is 0 Å². The Labute approximate surface area is 114 Å². The summed E-state index contributed by atoms with van der Waals surface area (Å²) in [5, 5.41) is 31.3. The molecule has 0 heterocycles. The van der Waals surface area contributed by atoms with E-state index in [-0.39, 0.29) is 11.3 Å². The van der Waals surface area contributed by atoms with Crippen LogP contribution in [-0.4, -0.2) is 45.6 Å². The summed E-state index contributed by atoms with van der Waals surface area (Å²) in [5.41, 5.74) is -2.01. The average molecular weight is 282 g/mol. The SMILES string of the molecule is CC(=O)NC(CO)(CO)C(=O)c1ccc([N+](=O)[O-])cc1. The fourth-order valence-electron chi connectivity index (χ4n) is 1.68. The fraction of sp³-hybridized carbons (Fsp3) is 0.333. The summed E-state index contributed by atoms with van der Waals surface area (Å²) >= 11 is 0. The second kappa shape index (κ2) is 6.22. The van der Waals surface area contributed by atoms with Crippen LogP contribution in [0.5, 0.6) is 0 Å². The Kier molecular flexibility index (Phi) is 4.89. The van der Waals surface area contributed by atoms with Crippen LogP contribution >= 0.6 is 0 Å². The number of hydrogen-bond donors (Lipinski definition) is 3. The lowest BCUT2D eigenvalue weighted by Crippen LogP contribution is -2.59. The Morgan fingerprint density at radius 1 is 1.25 bits per heavy atom. The van der Waals surface area contributed by atoms with Crippen LogP contribution in [0.3, 0.4) is 0 Å². The molecule has 0 saturated heterocycles. The van der Waals surface area contributed by atoms with Crippen LogP contribution in [0.25, 0.3) is 0 Å². The largest absolute Gasteiger partial charge is 0.393 e. The van der Waals surface area contributed by atoms with Gasteiger partial charge in [0.2, 0.25) is 5.91 Å². The number of benzene rings is 1. The molecule has 108 valence electrons. The molecule has 0 atom stereocenters. The number of nitro benzene ring substituents is 1. The monoisotopic (exact) mass is 282 g/mol. The first kappa shape index (κ1) is 15.7. The maximum atomic E-state index is 12.2. The first-order valence-electron chi connectivity index (χ1n) is 5.66. The van der Waals surface area contributed by atoms with E-state index >= 15 is 0 Å². The van der Waals surface area contributed by atoms with Crippen molar-refractivity contribution in [3.05, 3.63) is 39.9 Å². The maximum Gasteiger partial charge on any atom is 0.269 e. The highest BCUT2D eigenvalue weighted by molar-refractivity contribution is 6.05. The van der Waals surface area contributed by atoms with Crippen molar-refractivity contribution < 1.29 is 24.7 Å². The number of Topliss-reactive ketones (excluding diaryl/α,β-unsaturated/α-hetero) is 1. The molecule has 0 spiro atoms. The lowest BCUT2D eigenvalue weighted by molar-refractivity contribution is -0.384. The fourth-order valence-corrected chi connectivity index (χ4v) is 1.68. The molecule has 0 bridgehead atoms. The first-order valence-corrected chi connectivity index (χ1v) is 5.66. The summed E-state index contributed by atoms with van der Waals surface area (Å²) < 4.78 is 0. The number of rotatable bonds is 6. The maximum absolute atomic E-state index is 12.2. The summed E-state index contributed by atoms with van der Waals surface area (Å²) in [7, 11) is 0. The molecule has 0 aromatic heterocycles. The molecule has 0 fully saturated rings. The lowest BCUT2D eigenvalue weighted by atomic mass is 9.90. The van der Waals surface area contributed by atoms with Crippen molar-refractivity contribution in [1.29, 1.82) is 0 Å². The van der Waals surface area contributed by atoms with E-state index in [1.54, 1.807) is 0 Å². The minimum atomic E-state index is -1.85. The van der Waals surface area contributed by atoms with Gasteiger partial charge in [-0.25, -0.2) is 0 Å². The van der Waals surface area contributed by atoms with Crippen molar-refractivity contribution in [2.75, 3.05) is 13.2 Å². The van der Waals surface area contributed by atoms with Crippen molar-refractivity contribution in [3.8, 4) is 0 Å². The Morgan fingerprint density at radius 3 is 2.10 bits per heavy atom. The predicted molar refractivity (Wildman–Crippen MR) is 68.1 cm³/mol. The highest BCUT2D eigenvalue weighted by Gasteiger charge is 2.38. The minimum absolute atomic E-state index is 0.0347. The molecule has 8 heteroatoms. The van der Waals surface area contributed by atoms with E-state index in [0.29, 0.717) is 0 Å². The average Bonchev–Trinajstić information content (AvgIpc) is 2.44. The van der Waals surface area contributed by atoms with Crippen LogP contribution in [0.4, 0.5) is 5.69 Å². The van der Waals surface area contributed by atoms with Gasteiger partial charge in [0, 0.05) is 24.6 Å². The van der Waals surface area contributed by atoms with Gasteiger partial charge in [-0.1, -0.05) is 0 Å². The highest BCUT2D eigenvalue weighted by Crippen LogP contribution is 2.17. The summed E-state index contributed by atoms with van der Waals surface area (Å²) in [4.78, 5) is 33.2. The molecule has 1 aromatic rings. The number of hydrogen-bond acceptors (Lipinski definition) is 6. The number of ketones is 1. The smallest absolute Gasteiger partial charge is 0.269 e. The number of aliphatic hydroxyl groups is 2. The van der Waals surface area contributed by atoms with Gasteiger partial charge in [0.15, 0.2) is 5.78 Å². The van der Waals surface area contributed by atoms with Gasteiger partial charge < -0.3 is 15.5 Å². The van der Waals surface area contributed by atoms with Crippen molar-refractivity contribution in [2.45, 2.75) is 12.5 Å². The number of non-ortho nitro benzene ring substituents is 1. The number of carbonyl (C=O) groups is 2. The zero-order chi connectivity index (χ0) is 15.3. The molecule has 0 aliphatic heterocycles. The summed E-state index contributed by atoms with van der Waals surface area (Å²) in [5.74, 6) is -1.32. The van der Waals surface area contributed by atoms with Crippen LogP contribution < -0.4 is 5.32 Å². The summed E-state index contributed by atoms with van der Waals surface area (Å²) in [6.07, 6.45) is 0. The third-order valence-corrected chi connectivity index (χ3v) is 2.73. The minimum Gasteiger partial charge on any atom is -0.393 e. The molecule has 0 unspecified atom stereocenters. The zero-order valence-corrected chi connectivity index (χ0v) is 10.7. The predicted octanol–water partition coefficient (Wildman–Crippen LogP) is -0.363. The Morgan fingerprint density at radius 2 is 1.75 bits per heavy atom. The summed E-state index contributed by atoms with van der Waals surface area (Å²) in [6.45, 7) is -0.443. The normalized spacial score (nSPS) is 10.9. The molecule has 0 aliphatic rings. The quantitative estimate of drug-likeness (QED) is 0.371. The van der Waals surface area contributed by atoms with E-state index in [1.807, 2.05) is 0 Å². The van der Waals surface area contributed by atoms with Crippen molar-refractivity contribution in [3.63, 3.8) is 0 Å². The molecule has 1 rings (SSSR count). The molecule has 20 heavy (non-hydrogen) atoms. The van der Waals surface area contributed by atoms with Gasteiger partial charge in [-0.3, -0.25) is 19.7 Å². The van der Waals surface area contributed by atoms with Crippen LogP contribution in [0.2, 0.25) is 0 Å². The zero-order valence-electron chi connectivity index (χ0n) is 10.7. The molecule has 3 N–H and O–H groups in total. The number of nitrogens with zero attached hydrogens (tertiary/aromatic N) is 1. The van der Waals surface area contributed by atoms with Crippen LogP contribution in [0, 0.1) is 10.1 Å². The van der Waals surface area contributed by atoms with E-state index in [1.165, 1.54) is 12.1 Å². The third-order valence-electron chi connectivity index (χ3n) is 2.73. The van der Waals surface area contributed by atoms with Gasteiger partial charge >= 0.3 is 0 Å². The van der Waals surface area contributed by atoms with Gasteiger partial charge in [-0.15, -0.1) is 0 Å². The number of amides is 1. The molecular weight excluding hydrogens is 268 g/mol. The van der Waals surface area contributed by atoms with Crippen LogP contribution in [0.1, 0.15) is 17.3 Å². The molecule has 0 saturated carbocycles. The number of nitro groups is 1. The van der Waals surface area contributed by atoms with Gasteiger partial charge in [-0.05, 0) is 12.1 Å². The second-order valence-electron chi connectivity index (χ2n) is 4.21. The molecule has 8 nitrogen and oxygen atoms in total. The van der Waals surface area contributed by atoms with Gasteiger partial charge in [0.1, 0.15) is 5.54 Å². The van der Waals surface area contributed by atoms with Crippen molar-refractivity contribution in [2.24, 2.45) is 0 Å². The van der Waals surface area contributed by atoms with Crippen molar-refractivity contribution >= 4 is 17.4 Å². The number of carbonyl (C=O) groups excluding carboxylic acids is 2. The molecule has 1 amide bonds. The third kappa shape index (κ3) is 3.16. The lowest BCUT2D eigenvalue weighted by Gasteiger charge is -2.28. The standard InChI is InChI=1S/C12H14N2O6/c1-8(17)13-12(6-15,7-16)11(18)9-2-4-10(5-3-9)14(19)20/h2-5,15-16H,6-7H2,1H3,(H,13,17). The van der Waals surface area contributed by atoms with E-state index in [9.17, 15) is 29.9 Å². The van der Waals surface area contributed by atoms with E-state index in [2.05, 4.69) is 5.32 Å². The summed E-state index contributed by atoms with van der Waals surface area (Å²) in [6, 6.07) is 4.64. The molecular formula is C12H14N2O6. The number of nitrogens with one attached hydrogen (secondary N) is 1.